The molecule has 0 aliphatic rings. The number of hydrogen-bond donors (Lipinski definition) is 5. The highest BCUT2D eigenvalue weighted by Crippen LogP contribution is 2.27. The van der Waals surface area contributed by atoms with Crippen molar-refractivity contribution in [2.24, 2.45) is 0 Å². The van der Waals surface area contributed by atoms with E-state index in [0.717, 1.165) is 20.9 Å². The number of nitrogens with one attached hydrogen (secondary N) is 5. The zero-order valence-corrected chi connectivity index (χ0v) is 29.9. The van der Waals surface area contributed by atoms with Gasteiger partial charge in [-0.1, -0.05) is 76.1 Å². The summed E-state index contributed by atoms with van der Waals surface area (Å²) in [6.07, 6.45) is 0.771. The zero-order chi connectivity index (χ0) is 35.7. The molecule has 0 aliphatic heterocycles. The first-order chi connectivity index (χ1) is 24.0. The van der Waals surface area contributed by atoms with E-state index in [-0.39, 0.29) is 29.6 Å². The van der Waals surface area contributed by atoms with Gasteiger partial charge in [-0.3, -0.25) is 14.9 Å². The molecule has 50 heavy (non-hydrogen) atoms. The zero-order valence-electron chi connectivity index (χ0n) is 25.9. The Labute approximate surface area is 306 Å². The van der Waals surface area contributed by atoms with Gasteiger partial charge in [-0.2, -0.15) is 0 Å². The lowest BCUT2D eigenvalue weighted by molar-refractivity contribution is -0.122. The van der Waals surface area contributed by atoms with Crippen LogP contribution in [0.5, 0.6) is 5.75 Å². The number of anilines is 1. The smallest absolute Gasteiger partial charge is 0.408 e. The van der Waals surface area contributed by atoms with E-state index in [1.165, 1.54) is 24.3 Å². The largest absolute Gasteiger partial charge is 0.482 e. The Balaban J connectivity index is 1.20. The van der Waals surface area contributed by atoms with E-state index < -0.39 is 34.0 Å². The number of rotatable bonds is 12. The van der Waals surface area contributed by atoms with Crippen LogP contribution < -0.4 is 25.4 Å². The monoisotopic (exact) mass is 797 g/mol. The molecule has 0 saturated carbocycles. The van der Waals surface area contributed by atoms with Crippen molar-refractivity contribution in [1.29, 1.82) is 0 Å². The maximum absolute atomic E-state index is 13.4. The number of aromatic amines is 1. The third kappa shape index (κ3) is 10.0. The molecule has 4 aromatic carbocycles. The molecule has 0 radical (unpaired) electrons. The van der Waals surface area contributed by atoms with Crippen molar-refractivity contribution in [3.8, 4) is 5.75 Å². The summed E-state index contributed by atoms with van der Waals surface area (Å²) in [6, 6.07) is 25.3. The minimum Gasteiger partial charge on any atom is -0.482 e. The Bertz CT molecular complexity index is 2130. The number of hydrogen-bond acceptors (Lipinski definition) is 8. The first kappa shape index (κ1) is 36.3. The Morgan fingerprint density at radius 2 is 1.66 bits per heavy atom. The molecule has 0 spiro atoms. The highest BCUT2D eigenvalue weighted by atomic mass is 79.9. The molecule has 5 N–H and O–H groups in total. The van der Waals surface area contributed by atoms with Crippen LogP contribution in [0.2, 0.25) is 5.02 Å². The molecule has 1 aromatic heterocycles. The summed E-state index contributed by atoms with van der Waals surface area (Å²) >= 11 is 14.6. The average Bonchev–Trinajstić information content (AvgIpc) is 3.49. The molecule has 0 bridgehead atoms. The first-order valence-electron chi connectivity index (χ1n) is 14.8. The van der Waals surface area contributed by atoms with Crippen molar-refractivity contribution in [3.63, 3.8) is 0 Å². The fraction of sp³-hybridized carbons (Fsp3) is 0.118. The van der Waals surface area contributed by atoms with Gasteiger partial charge in [-0.15, -0.1) is 0 Å². The van der Waals surface area contributed by atoms with Gasteiger partial charge in [0.15, 0.2) is 11.7 Å². The van der Waals surface area contributed by atoms with Gasteiger partial charge in [0.2, 0.25) is 0 Å². The number of amides is 3. The number of carbonyl (C=O) groups excluding carboxylic acids is 3. The number of aromatic nitrogens is 1. The van der Waals surface area contributed by atoms with E-state index in [1.807, 2.05) is 30.3 Å². The highest BCUT2D eigenvalue weighted by Gasteiger charge is 2.28. The van der Waals surface area contributed by atoms with Crippen LogP contribution in [-0.2, 0) is 37.4 Å². The van der Waals surface area contributed by atoms with E-state index in [4.69, 9.17) is 33.3 Å². The molecule has 1 atom stereocenters. The molecule has 3 amide bonds. The molecule has 0 unspecified atom stereocenters. The molecule has 5 aromatic rings. The normalized spacial score (nSPS) is 11.6. The van der Waals surface area contributed by atoms with E-state index in [2.05, 4.69) is 41.6 Å². The number of alkyl carbamates (subject to hydrolysis) is 1. The second-order valence-electron chi connectivity index (χ2n) is 10.7. The van der Waals surface area contributed by atoms with Gasteiger partial charge in [0.25, 0.3) is 21.8 Å². The van der Waals surface area contributed by atoms with Gasteiger partial charge in [-0.25, -0.2) is 17.9 Å². The standard InChI is InChI=1S/C34H29BrClN5O7S2/c35-23-10-15-30(27(36)17-23)47-20-31(42)40-33(49)38-24-11-13-25(14-12-24)50(45,46)41-32(43)29(16-22-18-37-28-9-5-4-8-26(22)28)39-34(44)48-19-21-6-2-1-3-7-21/h1-15,17-18,29,37H,16,19-20H2,(H,39,44)(H,41,43)(H2,38,40,42,49)/t29-/m0/s1. The van der Waals surface area contributed by atoms with E-state index in [1.54, 1.807) is 48.7 Å². The minimum atomic E-state index is -4.38. The predicted octanol–water partition coefficient (Wildman–Crippen LogP) is 5.82. The predicted molar refractivity (Wildman–Crippen MR) is 196 cm³/mol. The number of carbonyl (C=O) groups is 3. The molecule has 5 rings (SSSR count). The van der Waals surface area contributed by atoms with Gasteiger partial charge in [-0.05, 0) is 71.9 Å². The quantitative estimate of drug-likeness (QED) is 0.0978. The van der Waals surface area contributed by atoms with Crippen molar-refractivity contribution in [2.75, 3.05) is 11.9 Å². The first-order valence-corrected chi connectivity index (χ1v) is 17.9. The number of thiocarbonyl (C=S) groups is 1. The average molecular weight is 799 g/mol. The number of ether oxygens (including phenoxy) is 2. The van der Waals surface area contributed by atoms with Crippen LogP contribution in [0.4, 0.5) is 10.5 Å². The topological polar surface area (TPSA) is 168 Å². The molecule has 12 nitrogen and oxygen atoms in total. The number of fused-ring (bicyclic) bond motifs is 1. The van der Waals surface area contributed by atoms with Gasteiger partial charge in [0.05, 0.1) is 9.92 Å². The third-order valence-electron chi connectivity index (χ3n) is 7.08. The fourth-order valence-electron chi connectivity index (χ4n) is 4.68. The number of H-pyrrole nitrogens is 1. The minimum absolute atomic E-state index is 0.0287. The fourth-order valence-corrected chi connectivity index (χ4v) is 6.66. The van der Waals surface area contributed by atoms with Crippen molar-refractivity contribution in [1.82, 2.24) is 20.3 Å². The lowest BCUT2D eigenvalue weighted by atomic mass is 10.0. The summed E-state index contributed by atoms with van der Waals surface area (Å²) in [4.78, 5) is 41.4. The Hall–Kier alpha value is -4.96. The van der Waals surface area contributed by atoms with Crippen LogP contribution in [0, 0.1) is 0 Å². The lowest BCUT2D eigenvalue weighted by Gasteiger charge is -2.18. The Morgan fingerprint density at radius 3 is 2.40 bits per heavy atom. The second-order valence-corrected chi connectivity index (χ2v) is 14.1. The van der Waals surface area contributed by atoms with Crippen LogP contribution >= 0.6 is 39.7 Å². The number of sulfonamides is 1. The molecule has 0 aliphatic carbocycles. The van der Waals surface area contributed by atoms with Crippen molar-refractivity contribution in [3.05, 3.63) is 124 Å². The van der Waals surface area contributed by atoms with Crippen LogP contribution in [0.3, 0.4) is 0 Å². The van der Waals surface area contributed by atoms with E-state index in [9.17, 15) is 22.8 Å². The lowest BCUT2D eigenvalue weighted by Crippen LogP contribution is -2.49. The van der Waals surface area contributed by atoms with Gasteiger partial charge >= 0.3 is 6.09 Å². The van der Waals surface area contributed by atoms with Crippen molar-refractivity contribution in [2.45, 2.75) is 24.0 Å². The maximum atomic E-state index is 13.4. The van der Waals surface area contributed by atoms with Gasteiger partial charge in [0, 0.05) is 33.7 Å². The molecule has 0 fully saturated rings. The van der Waals surface area contributed by atoms with Crippen molar-refractivity contribution < 1.29 is 32.3 Å². The Morgan fingerprint density at radius 1 is 0.940 bits per heavy atom. The molecule has 1 heterocycles. The number of benzene rings is 4. The molecular formula is C34H29BrClN5O7S2. The molecule has 258 valence electrons. The van der Waals surface area contributed by atoms with Crippen LogP contribution in [-0.4, -0.2) is 49.1 Å². The maximum Gasteiger partial charge on any atom is 0.408 e. The summed E-state index contributed by atoms with van der Waals surface area (Å²) in [6.45, 7) is -0.407. The second kappa shape index (κ2) is 16.6. The van der Waals surface area contributed by atoms with Gasteiger partial charge < -0.3 is 25.1 Å². The summed E-state index contributed by atoms with van der Waals surface area (Å²) in [5.41, 5.74) is 2.59. The highest BCUT2D eigenvalue weighted by molar-refractivity contribution is 9.10. The van der Waals surface area contributed by atoms with Crippen LogP contribution in [0.25, 0.3) is 10.9 Å². The van der Waals surface area contributed by atoms with Crippen molar-refractivity contribution >= 4 is 89.4 Å². The number of halogens is 2. The van der Waals surface area contributed by atoms with E-state index in [0.29, 0.717) is 22.0 Å². The SMILES string of the molecule is O=C(COc1ccc(Br)cc1Cl)NC(=S)Nc1ccc(S(=O)(=O)NC(=O)[C@H](Cc2c[nH]c3ccccc23)NC(=O)OCc2ccccc2)cc1. The molecule has 16 heteroatoms. The molecule has 0 saturated heterocycles. The number of para-hydroxylation sites is 1. The third-order valence-corrected chi connectivity index (χ3v) is 9.44. The van der Waals surface area contributed by atoms with Crippen LogP contribution in [0.15, 0.2) is 113 Å². The summed E-state index contributed by atoms with van der Waals surface area (Å²) in [5.74, 6) is -1.20. The van der Waals surface area contributed by atoms with Gasteiger partial charge in [0.1, 0.15) is 18.4 Å². The molecular weight excluding hydrogens is 770 g/mol. The summed E-state index contributed by atoms with van der Waals surface area (Å²) < 4.78 is 40.0. The van der Waals surface area contributed by atoms with Crippen LogP contribution in [0.1, 0.15) is 11.1 Å². The summed E-state index contributed by atoms with van der Waals surface area (Å²) in [5, 5.41) is 8.81. The Kier molecular flexibility index (Phi) is 12.1. The summed E-state index contributed by atoms with van der Waals surface area (Å²) in [7, 11) is -4.38. The van der Waals surface area contributed by atoms with E-state index >= 15 is 0 Å².